The van der Waals surface area contributed by atoms with Gasteiger partial charge in [-0.05, 0) is 36.4 Å². The third-order valence-corrected chi connectivity index (χ3v) is 3.01. The van der Waals surface area contributed by atoms with Gasteiger partial charge in [-0.25, -0.2) is 4.79 Å². The lowest BCUT2D eigenvalue weighted by molar-refractivity contribution is 0.0697. The van der Waals surface area contributed by atoms with Gasteiger partial charge in [0.1, 0.15) is 0 Å². The minimum atomic E-state index is -0.887. The second kappa shape index (κ2) is 5.94. The largest absolute Gasteiger partial charge is 0.478 e. The predicted molar refractivity (Wildman–Crippen MR) is 59.5 cm³/mol. The second-order valence-electron chi connectivity index (χ2n) is 2.72. The normalized spacial score (nSPS) is 10.1. The van der Waals surface area contributed by atoms with Crippen LogP contribution in [0, 0.1) is 0 Å². The Morgan fingerprint density at radius 3 is 2.50 bits per heavy atom. The maximum absolute atomic E-state index is 10.5. The maximum Gasteiger partial charge on any atom is 0.335 e. The molecule has 1 rings (SSSR count). The van der Waals surface area contributed by atoms with Crippen molar-refractivity contribution >= 4 is 29.3 Å². The molecule has 2 nitrogen and oxygen atoms in total. The van der Waals surface area contributed by atoms with Gasteiger partial charge in [-0.1, -0.05) is 0 Å². The molecule has 0 heterocycles. The number of carboxylic acid groups (broad SMARTS) is 1. The van der Waals surface area contributed by atoms with Crippen molar-refractivity contribution in [3.63, 3.8) is 0 Å². The first kappa shape index (κ1) is 11.4. The molecule has 0 amide bonds. The summed E-state index contributed by atoms with van der Waals surface area (Å²) in [6, 6.07) is 6.88. The van der Waals surface area contributed by atoms with Crippen LogP contribution < -0.4 is 0 Å². The Hall–Kier alpha value is -0.670. The van der Waals surface area contributed by atoms with Gasteiger partial charge in [0.05, 0.1) is 5.56 Å². The van der Waals surface area contributed by atoms with Crippen LogP contribution in [0.4, 0.5) is 0 Å². The highest BCUT2D eigenvalue weighted by Crippen LogP contribution is 2.19. The number of thioether (sulfide) groups is 1. The molecule has 0 atom stereocenters. The van der Waals surface area contributed by atoms with E-state index >= 15 is 0 Å². The highest BCUT2D eigenvalue weighted by atomic mass is 35.5. The number of carboxylic acids is 1. The molecule has 76 valence electrons. The maximum atomic E-state index is 10.5. The molecule has 0 aliphatic heterocycles. The Labute approximate surface area is 92.3 Å². The monoisotopic (exact) mass is 230 g/mol. The summed E-state index contributed by atoms with van der Waals surface area (Å²) in [6.45, 7) is 0. The summed E-state index contributed by atoms with van der Waals surface area (Å²) in [5, 5.41) is 8.67. The van der Waals surface area contributed by atoms with Crippen molar-refractivity contribution in [2.45, 2.75) is 11.3 Å². The number of benzene rings is 1. The molecule has 0 bridgehead atoms. The van der Waals surface area contributed by atoms with E-state index < -0.39 is 5.97 Å². The van der Waals surface area contributed by atoms with Crippen LogP contribution >= 0.6 is 23.4 Å². The third-order valence-electron chi connectivity index (χ3n) is 1.65. The number of hydrogen-bond acceptors (Lipinski definition) is 2. The molecule has 1 N–H and O–H groups in total. The summed E-state index contributed by atoms with van der Waals surface area (Å²) in [4.78, 5) is 11.6. The van der Waals surface area contributed by atoms with Crippen LogP contribution in [0.2, 0.25) is 0 Å². The number of rotatable bonds is 5. The van der Waals surface area contributed by atoms with Crippen molar-refractivity contribution < 1.29 is 9.90 Å². The van der Waals surface area contributed by atoms with Gasteiger partial charge in [-0.3, -0.25) is 0 Å². The summed E-state index contributed by atoms with van der Waals surface area (Å²) in [5.41, 5.74) is 0.326. The number of carbonyl (C=O) groups is 1. The van der Waals surface area contributed by atoms with Crippen LogP contribution in [-0.4, -0.2) is 22.7 Å². The van der Waals surface area contributed by atoms with Crippen molar-refractivity contribution in [1.29, 1.82) is 0 Å². The lowest BCUT2D eigenvalue weighted by atomic mass is 10.2. The average Bonchev–Trinajstić information content (AvgIpc) is 2.19. The fourth-order valence-corrected chi connectivity index (χ4v) is 2.08. The Morgan fingerprint density at radius 1 is 1.36 bits per heavy atom. The molecule has 0 unspecified atom stereocenters. The Morgan fingerprint density at radius 2 is 2.00 bits per heavy atom. The van der Waals surface area contributed by atoms with Gasteiger partial charge in [0.2, 0.25) is 0 Å². The number of hydrogen-bond donors (Lipinski definition) is 1. The minimum Gasteiger partial charge on any atom is -0.478 e. The highest BCUT2D eigenvalue weighted by Gasteiger charge is 2.01. The van der Waals surface area contributed by atoms with Gasteiger partial charge >= 0.3 is 5.97 Å². The van der Waals surface area contributed by atoms with Crippen molar-refractivity contribution in [1.82, 2.24) is 0 Å². The fourth-order valence-electron chi connectivity index (χ4n) is 0.938. The average molecular weight is 231 g/mol. The predicted octanol–water partition coefficient (Wildman–Crippen LogP) is 3.11. The number of aromatic carboxylic acids is 1. The molecule has 0 spiro atoms. The van der Waals surface area contributed by atoms with Gasteiger partial charge in [-0.2, -0.15) is 0 Å². The van der Waals surface area contributed by atoms with Crippen LogP contribution in [0.15, 0.2) is 29.2 Å². The zero-order chi connectivity index (χ0) is 10.4. The summed E-state index contributed by atoms with van der Waals surface area (Å²) >= 11 is 7.23. The summed E-state index contributed by atoms with van der Waals surface area (Å²) in [7, 11) is 0. The zero-order valence-corrected chi connectivity index (χ0v) is 9.14. The molecule has 1 aromatic carbocycles. The van der Waals surface area contributed by atoms with E-state index in [4.69, 9.17) is 16.7 Å². The van der Waals surface area contributed by atoms with E-state index in [-0.39, 0.29) is 0 Å². The molecule has 0 aliphatic rings. The standard InChI is InChI=1S/C10H11ClO2S/c11-6-1-7-14-9-4-2-8(3-5-9)10(12)13/h2-5H,1,6-7H2,(H,12,13). The van der Waals surface area contributed by atoms with Gasteiger partial charge in [0, 0.05) is 10.8 Å². The first-order valence-corrected chi connectivity index (χ1v) is 5.78. The lowest BCUT2D eigenvalue weighted by Crippen LogP contribution is -1.94. The number of alkyl halides is 1. The van der Waals surface area contributed by atoms with Gasteiger partial charge < -0.3 is 5.11 Å². The van der Waals surface area contributed by atoms with Crippen LogP contribution in [0.25, 0.3) is 0 Å². The molecule has 1 aromatic rings. The van der Waals surface area contributed by atoms with Gasteiger partial charge in [0.15, 0.2) is 0 Å². The van der Waals surface area contributed by atoms with Crippen LogP contribution in [0.1, 0.15) is 16.8 Å². The van der Waals surface area contributed by atoms with Crippen LogP contribution in [-0.2, 0) is 0 Å². The Bertz CT molecular complexity index is 297. The highest BCUT2D eigenvalue weighted by molar-refractivity contribution is 7.99. The molecular weight excluding hydrogens is 220 g/mol. The van der Waals surface area contributed by atoms with E-state index in [1.807, 2.05) is 12.1 Å². The van der Waals surface area contributed by atoms with E-state index in [9.17, 15) is 4.79 Å². The SMILES string of the molecule is O=C(O)c1ccc(SCCCCl)cc1. The van der Waals surface area contributed by atoms with Crippen LogP contribution in [0.3, 0.4) is 0 Å². The van der Waals surface area contributed by atoms with Crippen molar-refractivity contribution in [3.8, 4) is 0 Å². The van der Waals surface area contributed by atoms with Crippen molar-refractivity contribution in [2.24, 2.45) is 0 Å². The molecule has 0 radical (unpaired) electrons. The summed E-state index contributed by atoms with van der Waals surface area (Å²) in [6.07, 6.45) is 0.965. The van der Waals surface area contributed by atoms with Crippen molar-refractivity contribution in [3.05, 3.63) is 29.8 Å². The molecule has 0 fully saturated rings. The zero-order valence-electron chi connectivity index (χ0n) is 7.57. The summed E-state index contributed by atoms with van der Waals surface area (Å²) < 4.78 is 0. The smallest absolute Gasteiger partial charge is 0.335 e. The third kappa shape index (κ3) is 3.60. The minimum absolute atomic E-state index is 0.326. The molecule has 0 saturated carbocycles. The van der Waals surface area contributed by atoms with E-state index in [1.165, 1.54) is 0 Å². The molecule has 4 heteroatoms. The fraction of sp³-hybridized carbons (Fsp3) is 0.300. The molecule has 0 aliphatic carbocycles. The molecular formula is C10H11ClO2S. The first-order chi connectivity index (χ1) is 6.74. The molecule has 14 heavy (non-hydrogen) atoms. The topological polar surface area (TPSA) is 37.3 Å². The van der Waals surface area contributed by atoms with E-state index in [0.29, 0.717) is 11.4 Å². The number of halogens is 1. The Balaban J connectivity index is 2.51. The van der Waals surface area contributed by atoms with Crippen LogP contribution in [0.5, 0.6) is 0 Å². The van der Waals surface area contributed by atoms with E-state index in [0.717, 1.165) is 17.1 Å². The second-order valence-corrected chi connectivity index (χ2v) is 4.27. The lowest BCUT2D eigenvalue weighted by Gasteiger charge is -2.00. The van der Waals surface area contributed by atoms with E-state index in [1.54, 1.807) is 23.9 Å². The molecule has 0 aromatic heterocycles. The summed E-state index contributed by atoms with van der Waals surface area (Å²) in [5.74, 6) is 0.748. The molecule has 0 saturated heterocycles. The quantitative estimate of drug-likeness (QED) is 0.480. The first-order valence-electron chi connectivity index (χ1n) is 4.26. The van der Waals surface area contributed by atoms with Crippen molar-refractivity contribution in [2.75, 3.05) is 11.6 Å². The van der Waals surface area contributed by atoms with Gasteiger partial charge in [0.25, 0.3) is 0 Å². The Kier molecular flexibility index (Phi) is 4.84. The van der Waals surface area contributed by atoms with Gasteiger partial charge in [-0.15, -0.1) is 23.4 Å². The van der Waals surface area contributed by atoms with E-state index in [2.05, 4.69) is 0 Å².